The molecule has 0 spiro atoms. The number of anilines is 1. The molecule has 1 amide bonds. The Kier molecular flexibility index (Phi) is 3.35. The zero-order valence-corrected chi connectivity index (χ0v) is 11.5. The van der Waals surface area contributed by atoms with Gasteiger partial charge in [-0.3, -0.25) is 4.79 Å². The Bertz CT molecular complexity index is 752. The summed E-state index contributed by atoms with van der Waals surface area (Å²) in [6.07, 6.45) is 1.70. The van der Waals surface area contributed by atoms with E-state index in [0.717, 1.165) is 15.8 Å². The van der Waals surface area contributed by atoms with Crippen molar-refractivity contribution in [1.29, 1.82) is 0 Å². The molecule has 2 heterocycles. The van der Waals surface area contributed by atoms with Gasteiger partial charge in [-0.1, -0.05) is 30.3 Å². The molecule has 0 saturated heterocycles. The minimum atomic E-state index is -0.158. The molecule has 0 aliphatic rings. The Morgan fingerprint density at radius 3 is 2.75 bits per heavy atom. The van der Waals surface area contributed by atoms with Crippen molar-refractivity contribution in [3.63, 3.8) is 0 Å². The third kappa shape index (κ3) is 2.35. The number of nitrogens with one attached hydrogen (secondary N) is 1. The van der Waals surface area contributed by atoms with E-state index in [4.69, 9.17) is 5.73 Å². The number of hydrogen-bond donors (Lipinski definition) is 2. The Morgan fingerprint density at radius 1 is 1.20 bits per heavy atom. The smallest absolute Gasteiger partial charge is 0.263 e. The fourth-order valence-electron chi connectivity index (χ4n) is 1.98. The summed E-state index contributed by atoms with van der Waals surface area (Å²) >= 11 is 1.32. The molecule has 0 unspecified atom stereocenters. The molecule has 3 N–H and O–H groups in total. The Labute approximate surface area is 120 Å². The van der Waals surface area contributed by atoms with Gasteiger partial charge in [-0.25, -0.2) is 4.98 Å². The first-order valence-corrected chi connectivity index (χ1v) is 7.02. The lowest BCUT2D eigenvalue weighted by Gasteiger charge is -2.04. The van der Waals surface area contributed by atoms with Crippen LogP contribution in [0, 0.1) is 0 Å². The van der Waals surface area contributed by atoms with Gasteiger partial charge in [0.05, 0.1) is 5.69 Å². The highest BCUT2D eigenvalue weighted by Crippen LogP contribution is 2.31. The van der Waals surface area contributed by atoms with Gasteiger partial charge in [0.1, 0.15) is 9.71 Å². The van der Waals surface area contributed by atoms with Crippen molar-refractivity contribution in [3.8, 4) is 0 Å². The van der Waals surface area contributed by atoms with Crippen LogP contribution in [0.5, 0.6) is 0 Å². The topological polar surface area (TPSA) is 68.0 Å². The summed E-state index contributed by atoms with van der Waals surface area (Å²) < 4.78 is 0. The number of thiophene rings is 1. The van der Waals surface area contributed by atoms with Crippen LogP contribution in [0.15, 0.2) is 48.7 Å². The second-order valence-corrected chi connectivity index (χ2v) is 5.37. The van der Waals surface area contributed by atoms with Crippen LogP contribution in [0.2, 0.25) is 0 Å². The monoisotopic (exact) mass is 283 g/mol. The van der Waals surface area contributed by atoms with E-state index < -0.39 is 0 Å². The summed E-state index contributed by atoms with van der Waals surface area (Å²) in [4.78, 5) is 17.7. The van der Waals surface area contributed by atoms with E-state index in [2.05, 4.69) is 10.3 Å². The fraction of sp³-hybridized carbons (Fsp3) is 0.0667. The highest BCUT2D eigenvalue weighted by molar-refractivity contribution is 7.21. The second-order valence-electron chi connectivity index (χ2n) is 4.37. The van der Waals surface area contributed by atoms with Crippen molar-refractivity contribution in [2.24, 2.45) is 0 Å². The number of nitrogens with two attached hydrogens (primary N) is 1. The number of nitrogen functional groups attached to an aromatic ring is 1. The summed E-state index contributed by atoms with van der Waals surface area (Å²) in [7, 11) is 0. The van der Waals surface area contributed by atoms with Gasteiger partial charge in [-0.2, -0.15) is 0 Å². The number of benzene rings is 1. The minimum absolute atomic E-state index is 0.158. The molecule has 0 aliphatic heterocycles. The third-order valence-corrected chi connectivity index (χ3v) is 4.13. The lowest BCUT2D eigenvalue weighted by atomic mass is 10.2. The summed E-state index contributed by atoms with van der Waals surface area (Å²) in [5.74, 6) is -0.158. The summed E-state index contributed by atoms with van der Waals surface area (Å²) in [6, 6.07) is 13.5. The van der Waals surface area contributed by atoms with Crippen molar-refractivity contribution < 1.29 is 4.79 Å². The normalized spacial score (nSPS) is 10.6. The number of aromatic nitrogens is 1. The Hall–Kier alpha value is -2.40. The van der Waals surface area contributed by atoms with Gasteiger partial charge in [0, 0.05) is 18.1 Å². The molecule has 3 rings (SSSR count). The van der Waals surface area contributed by atoms with Crippen LogP contribution in [0.25, 0.3) is 10.2 Å². The van der Waals surface area contributed by atoms with Gasteiger partial charge in [0.25, 0.3) is 5.91 Å². The standard InChI is InChI=1S/C15H13N3OS/c16-12-11-7-4-8-17-15(11)20-13(12)14(19)18-9-10-5-2-1-3-6-10/h1-8H,9,16H2,(H,18,19). The molecule has 2 aromatic heterocycles. The largest absolute Gasteiger partial charge is 0.397 e. The first-order chi connectivity index (χ1) is 9.75. The number of rotatable bonds is 3. The van der Waals surface area contributed by atoms with Crippen LogP contribution in [0.4, 0.5) is 5.69 Å². The number of nitrogens with zero attached hydrogens (tertiary/aromatic N) is 1. The van der Waals surface area contributed by atoms with Crippen LogP contribution >= 0.6 is 11.3 Å². The van der Waals surface area contributed by atoms with Crippen molar-refractivity contribution in [2.45, 2.75) is 6.54 Å². The number of amides is 1. The number of pyridine rings is 1. The lowest BCUT2D eigenvalue weighted by molar-refractivity contribution is 0.0956. The zero-order chi connectivity index (χ0) is 13.9. The molecule has 0 bridgehead atoms. The van der Waals surface area contributed by atoms with Crippen LogP contribution < -0.4 is 11.1 Å². The lowest BCUT2D eigenvalue weighted by Crippen LogP contribution is -2.22. The van der Waals surface area contributed by atoms with Gasteiger partial charge >= 0.3 is 0 Å². The summed E-state index contributed by atoms with van der Waals surface area (Å²) in [5.41, 5.74) is 7.58. The Balaban J connectivity index is 1.81. The quantitative estimate of drug-likeness (QED) is 0.776. The highest BCUT2D eigenvalue weighted by atomic mass is 32.1. The van der Waals surface area contributed by atoms with Gasteiger partial charge < -0.3 is 11.1 Å². The first-order valence-electron chi connectivity index (χ1n) is 6.21. The molecule has 0 atom stereocenters. The van der Waals surface area contributed by atoms with Crippen molar-refractivity contribution in [2.75, 3.05) is 5.73 Å². The maximum absolute atomic E-state index is 12.2. The average molecular weight is 283 g/mol. The number of carbonyl (C=O) groups is 1. The van der Waals surface area contributed by atoms with E-state index >= 15 is 0 Å². The number of hydrogen-bond acceptors (Lipinski definition) is 4. The minimum Gasteiger partial charge on any atom is -0.397 e. The molecule has 0 fully saturated rings. The molecule has 1 aromatic carbocycles. The summed E-state index contributed by atoms with van der Waals surface area (Å²) in [5, 5.41) is 3.72. The predicted octanol–water partition coefficient (Wildman–Crippen LogP) is 2.81. The molecule has 5 heteroatoms. The highest BCUT2D eigenvalue weighted by Gasteiger charge is 2.16. The van der Waals surface area contributed by atoms with Gasteiger partial charge in [-0.15, -0.1) is 11.3 Å². The van der Waals surface area contributed by atoms with Crippen LogP contribution in [-0.2, 0) is 6.54 Å². The van der Waals surface area contributed by atoms with E-state index in [-0.39, 0.29) is 5.91 Å². The number of carbonyl (C=O) groups excluding carboxylic acids is 1. The average Bonchev–Trinajstić information content (AvgIpc) is 2.84. The molecule has 4 nitrogen and oxygen atoms in total. The molecule has 0 saturated carbocycles. The van der Waals surface area contributed by atoms with E-state index in [0.29, 0.717) is 17.1 Å². The van der Waals surface area contributed by atoms with E-state index in [1.54, 1.807) is 6.20 Å². The fourth-order valence-corrected chi connectivity index (χ4v) is 2.96. The SMILES string of the molecule is Nc1c(C(=O)NCc2ccccc2)sc2ncccc12. The first kappa shape index (κ1) is 12.6. The molecule has 3 aromatic rings. The van der Waals surface area contributed by atoms with Gasteiger partial charge in [-0.05, 0) is 17.7 Å². The van der Waals surface area contributed by atoms with Crippen LogP contribution in [0.1, 0.15) is 15.2 Å². The zero-order valence-electron chi connectivity index (χ0n) is 10.7. The van der Waals surface area contributed by atoms with Crippen LogP contribution in [-0.4, -0.2) is 10.9 Å². The van der Waals surface area contributed by atoms with Crippen molar-refractivity contribution in [1.82, 2.24) is 10.3 Å². The van der Waals surface area contributed by atoms with E-state index in [9.17, 15) is 4.79 Å². The third-order valence-electron chi connectivity index (χ3n) is 3.01. The van der Waals surface area contributed by atoms with E-state index in [1.165, 1.54) is 11.3 Å². The molecule has 0 radical (unpaired) electrons. The van der Waals surface area contributed by atoms with Crippen LogP contribution in [0.3, 0.4) is 0 Å². The molecular weight excluding hydrogens is 270 g/mol. The maximum atomic E-state index is 12.2. The Morgan fingerprint density at radius 2 is 2.00 bits per heavy atom. The van der Waals surface area contributed by atoms with Gasteiger partial charge in [0.15, 0.2) is 0 Å². The molecule has 0 aliphatic carbocycles. The van der Waals surface area contributed by atoms with Crippen molar-refractivity contribution >= 4 is 33.1 Å². The van der Waals surface area contributed by atoms with Gasteiger partial charge in [0.2, 0.25) is 0 Å². The number of fused-ring (bicyclic) bond motifs is 1. The second kappa shape index (κ2) is 5.30. The summed E-state index contributed by atoms with van der Waals surface area (Å²) in [6.45, 7) is 0.487. The van der Waals surface area contributed by atoms with Crippen molar-refractivity contribution in [3.05, 3.63) is 59.1 Å². The maximum Gasteiger partial charge on any atom is 0.263 e. The predicted molar refractivity (Wildman–Crippen MR) is 81.6 cm³/mol. The molecule has 20 heavy (non-hydrogen) atoms. The molecule has 100 valence electrons. The van der Waals surface area contributed by atoms with E-state index in [1.807, 2.05) is 42.5 Å². The molecular formula is C15H13N3OS.